The van der Waals surface area contributed by atoms with Crippen LogP contribution in [-0.2, 0) is 14.6 Å². The van der Waals surface area contributed by atoms with Crippen molar-refractivity contribution in [1.29, 1.82) is 0 Å². The van der Waals surface area contributed by atoms with Crippen LogP contribution in [0.1, 0.15) is 37.3 Å². The van der Waals surface area contributed by atoms with Gasteiger partial charge in [-0.05, 0) is 30.9 Å². The zero-order chi connectivity index (χ0) is 13.5. The maximum Gasteiger partial charge on any atom is 0.223 e. The molecule has 0 radical (unpaired) electrons. The Morgan fingerprint density at radius 2 is 1.89 bits per heavy atom. The van der Waals surface area contributed by atoms with Gasteiger partial charge >= 0.3 is 0 Å². The van der Waals surface area contributed by atoms with Gasteiger partial charge in [0, 0.05) is 5.92 Å². The van der Waals surface area contributed by atoms with Gasteiger partial charge in [0.2, 0.25) is 5.91 Å². The average molecular weight is 279 g/mol. The quantitative estimate of drug-likeness (QED) is 0.898. The first-order valence-electron chi connectivity index (χ1n) is 6.70. The summed E-state index contributed by atoms with van der Waals surface area (Å²) < 4.78 is 24.0. The molecule has 1 heterocycles. The fourth-order valence-corrected chi connectivity index (χ4v) is 4.32. The molecular weight excluding hydrogens is 262 g/mol. The topological polar surface area (TPSA) is 63.2 Å². The van der Waals surface area contributed by atoms with E-state index in [9.17, 15) is 13.2 Å². The molecule has 102 valence electrons. The van der Waals surface area contributed by atoms with E-state index in [-0.39, 0.29) is 23.6 Å². The van der Waals surface area contributed by atoms with Gasteiger partial charge in [0.1, 0.15) is 0 Å². The van der Waals surface area contributed by atoms with E-state index in [1.807, 2.05) is 6.07 Å². The molecule has 1 N–H and O–H groups in total. The minimum atomic E-state index is -3.17. The lowest BCUT2D eigenvalue weighted by Crippen LogP contribution is -2.39. The van der Waals surface area contributed by atoms with Gasteiger partial charge < -0.3 is 5.32 Å². The van der Waals surface area contributed by atoms with Crippen molar-refractivity contribution in [3.8, 4) is 0 Å². The van der Waals surface area contributed by atoms with Crippen LogP contribution in [0.3, 0.4) is 0 Å². The minimum Gasteiger partial charge on any atom is -0.349 e. The van der Waals surface area contributed by atoms with Crippen LogP contribution >= 0.6 is 0 Å². The second-order valence-electron chi connectivity index (χ2n) is 5.33. The van der Waals surface area contributed by atoms with Gasteiger partial charge in [-0.2, -0.15) is 0 Å². The standard InChI is InChI=1S/C14H17NO3S/c16-14(10-4-3-5-10)15-12-8-9-19(17,18)13-7-2-1-6-11(12)13/h1-2,6-7,10,12H,3-5,8-9H2,(H,15,16). The van der Waals surface area contributed by atoms with Crippen molar-refractivity contribution < 1.29 is 13.2 Å². The zero-order valence-corrected chi connectivity index (χ0v) is 11.4. The van der Waals surface area contributed by atoms with Gasteiger partial charge in [-0.25, -0.2) is 8.42 Å². The number of carbonyl (C=O) groups excluding carboxylic acids is 1. The van der Waals surface area contributed by atoms with Crippen LogP contribution in [0.15, 0.2) is 29.2 Å². The Hall–Kier alpha value is -1.36. The molecule has 1 unspecified atom stereocenters. The van der Waals surface area contributed by atoms with Gasteiger partial charge in [0.15, 0.2) is 9.84 Å². The summed E-state index contributed by atoms with van der Waals surface area (Å²) in [4.78, 5) is 12.4. The Labute approximate surface area is 113 Å². The van der Waals surface area contributed by atoms with E-state index >= 15 is 0 Å². The maximum atomic E-state index is 12.0. The van der Waals surface area contributed by atoms with Crippen molar-refractivity contribution in [3.05, 3.63) is 29.8 Å². The molecule has 1 saturated carbocycles. The van der Waals surface area contributed by atoms with Gasteiger partial charge in [-0.15, -0.1) is 0 Å². The molecule has 1 aromatic rings. The summed E-state index contributed by atoms with van der Waals surface area (Å²) in [6, 6.07) is 6.83. The number of nitrogens with one attached hydrogen (secondary N) is 1. The van der Waals surface area contributed by atoms with Gasteiger partial charge in [-0.3, -0.25) is 4.79 Å². The zero-order valence-electron chi connectivity index (χ0n) is 10.6. The highest BCUT2D eigenvalue weighted by Crippen LogP contribution is 2.33. The second-order valence-corrected chi connectivity index (χ2v) is 7.41. The molecule has 0 aromatic heterocycles. The Balaban J connectivity index is 1.86. The van der Waals surface area contributed by atoms with E-state index in [4.69, 9.17) is 0 Å². The van der Waals surface area contributed by atoms with Crippen molar-refractivity contribution in [2.75, 3.05) is 5.75 Å². The first-order valence-corrected chi connectivity index (χ1v) is 8.35. The monoisotopic (exact) mass is 279 g/mol. The Kier molecular flexibility index (Phi) is 3.09. The van der Waals surface area contributed by atoms with Crippen LogP contribution in [0.5, 0.6) is 0 Å². The molecule has 0 spiro atoms. The van der Waals surface area contributed by atoms with E-state index in [2.05, 4.69) is 5.32 Å². The smallest absolute Gasteiger partial charge is 0.223 e. The number of hydrogen-bond acceptors (Lipinski definition) is 3. The van der Waals surface area contributed by atoms with E-state index in [0.29, 0.717) is 11.3 Å². The first kappa shape index (κ1) is 12.7. The molecule has 1 aromatic carbocycles. The Morgan fingerprint density at radius 3 is 2.58 bits per heavy atom. The largest absolute Gasteiger partial charge is 0.349 e. The fraction of sp³-hybridized carbons (Fsp3) is 0.500. The molecule has 1 aliphatic carbocycles. The lowest BCUT2D eigenvalue weighted by molar-refractivity contribution is -0.128. The highest BCUT2D eigenvalue weighted by atomic mass is 32.2. The molecule has 0 bridgehead atoms. The lowest BCUT2D eigenvalue weighted by Gasteiger charge is -2.30. The predicted octanol–water partition coefficient (Wildman–Crippen LogP) is 1.82. The number of fused-ring (bicyclic) bond motifs is 1. The van der Waals surface area contributed by atoms with Crippen LogP contribution in [0, 0.1) is 5.92 Å². The Morgan fingerprint density at radius 1 is 1.16 bits per heavy atom. The molecule has 19 heavy (non-hydrogen) atoms. The predicted molar refractivity (Wildman–Crippen MR) is 71.3 cm³/mol. The van der Waals surface area contributed by atoms with Crippen molar-refractivity contribution in [2.24, 2.45) is 5.92 Å². The summed E-state index contributed by atoms with van der Waals surface area (Å²) in [5.41, 5.74) is 0.737. The Bertz CT molecular complexity index is 605. The van der Waals surface area contributed by atoms with Crippen molar-refractivity contribution in [3.63, 3.8) is 0 Å². The number of hydrogen-bond donors (Lipinski definition) is 1. The molecule has 1 amide bonds. The van der Waals surface area contributed by atoms with E-state index in [0.717, 1.165) is 24.8 Å². The summed E-state index contributed by atoms with van der Waals surface area (Å²) in [5, 5.41) is 3.01. The normalized spacial score (nSPS) is 25.2. The number of amides is 1. The molecule has 5 heteroatoms. The third-order valence-electron chi connectivity index (χ3n) is 4.10. The summed E-state index contributed by atoms with van der Waals surface area (Å²) in [5.74, 6) is 0.315. The molecule has 0 saturated heterocycles. The molecule has 4 nitrogen and oxygen atoms in total. The SMILES string of the molecule is O=C(NC1CCS(=O)(=O)c2ccccc21)C1CCC1. The fourth-order valence-electron chi connectivity index (χ4n) is 2.70. The number of benzene rings is 1. The van der Waals surface area contributed by atoms with Gasteiger partial charge in [-0.1, -0.05) is 24.6 Å². The van der Waals surface area contributed by atoms with E-state index in [1.165, 1.54) is 0 Å². The molecule has 1 atom stereocenters. The summed E-state index contributed by atoms with van der Waals surface area (Å²) in [7, 11) is -3.17. The van der Waals surface area contributed by atoms with E-state index < -0.39 is 9.84 Å². The average Bonchev–Trinajstić information content (AvgIpc) is 2.31. The molecule has 1 aliphatic heterocycles. The van der Waals surface area contributed by atoms with Gasteiger partial charge in [0.05, 0.1) is 16.7 Å². The number of sulfone groups is 1. The maximum absolute atomic E-state index is 12.0. The number of rotatable bonds is 2. The highest BCUT2D eigenvalue weighted by molar-refractivity contribution is 7.91. The lowest BCUT2D eigenvalue weighted by atomic mass is 9.84. The number of carbonyl (C=O) groups is 1. The first-order chi connectivity index (χ1) is 9.08. The van der Waals surface area contributed by atoms with Crippen molar-refractivity contribution in [1.82, 2.24) is 5.32 Å². The van der Waals surface area contributed by atoms with Crippen molar-refractivity contribution >= 4 is 15.7 Å². The third kappa shape index (κ3) is 2.27. The van der Waals surface area contributed by atoms with Crippen molar-refractivity contribution in [2.45, 2.75) is 36.6 Å². The second kappa shape index (κ2) is 4.63. The molecule has 3 rings (SSSR count). The van der Waals surface area contributed by atoms with Gasteiger partial charge in [0.25, 0.3) is 0 Å². The minimum absolute atomic E-state index is 0.0744. The van der Waals surface area contributed by atoms with Crippen LogP contribution in [-0.4, -0.2) is 20.1 Å². The summed E-state index contributed by atoms with van der Waals surface area (Å²) in [6.07, 6.45) is 3.50. The van der Waals surface area contributed by atoms with Crippen LogP contribution in [0.2, 0.25) is 0 Å². The summed E-state index contributed by atoms with van der Waals surface area (Å²) in [6.45, 7) is 0. The molecule has 2 aliphatic rings. The van der Waals surface area contributed by atoms with Crippen LogP contribution < -0.4 is 5.32 Å². The van der Waals surface area contributed by atoms with Crippen LogP contribution in [0.4, 0.5) is 0 Å². The molecular formula is C14H17NO3S. The summed E-state index contributed by atoms with van der Waals surface area (Å²) >= 11 is 0. The third-order valence-corrected chi connectivity index (χ3v) is 5.91. The van der Waals surface area contributed by atoms with Crippen LogP contribution in [0.25, 0.3) is 0 Å². The molecule has 1 fully saturated rings. The van der Waals surface area contributed by atoms with E-state index in [1.54, 1.807) is 18.2 Å². The highest BCUT2D eigenvalue weighted by Gasteiger charge is 2.33.